The van der Waals surface area contributed by atoms with E-state index in [1.54, 1.807) is 67.5 Å². The molecule has 12 aromatic rings. The Morgan fingerprint density at radius 2 is 0.692 bits per heavy atom. The van der Waals surface area contributed by atoms with E-state index in [9.17, 15) is 10.5 Å². The summed E-state index contributed by atoms with van der Waals surface area (Å²) in [6, 6.07) is 34.2. The zero-order valence-electron chi connectivity index (χ0n) is 43.1. The molecule has 378 valence electrons. The average molecular weight is 1030 g/mol. The van der Waals surface area contributed by atoms with Crippen LogP contribution in [0.5, 0.6) is 0 Å². The Morgan fingerprint density at radius 1 is 0.359 bits per heavy atom. The number of nitriles is 2. The van der Waals surface area contributed by atoms with E-state index in [0.29, 0.717) is 131 Å². The number of halogens is 3. The van der Waals surface area contributed by atoms with Crippen molar-refractivity contribution in [2.24, 2.45) is 0 Å². The minimum Gasteiger partial charge on any atom is -0.309 e. The molecule has 6 aromatic heterocycles. The lowest BCUT2D eigenvalue weighted by Crippen LogP contribution is -2.07. The standard InChI is InChI=1S/C59H41F3N16/c1-28-65-29(2)70-55(69-28)37-9-13-49-45(20-37)46-21-38(56-71-30(3)66-31(4)72-56)10-14-50(46)77(49)53-25-44(41-17-36(26-63)18-43(19-41)59(60,61)62)54(24-42(53)27-64)78-51-15-11-39(57-73-32(5)67-33(6)74-57)22-47(51)48-23-40(12-16-52(48)78)58-75-34(7)68-35(8)76-58/h9-25H,1-8H3. The molecular formula is C59H41F3N16. The topological polar surface area (TPSA) is 212 Å². The quantitative estimate of drug-likeness (QED) is 0.145. The number of aryl methyl sites for hydroxylation is 8. The molecule has 6 heterocycles. The predicted molar refractivity (Wildman–Crippen MR) is 288 cm³/mol. The first-order chi connectivity index (χ1) is 37.4. The van der Waals surface area contributed by atoms with Gasteiger partial charge in [-0.3, -0.25) is 0 Å². The van der Waals surface area contributed by atoms with Crippen molar-refractivity contribution in [2.45, 2.75) is 61.6 Å². The van der Waals surface area contributed by atoms with Crippen LogP contribution in [0.4, 0.5) is 13.2 Å². The molecule has 0 amide bonds. The smallest absolute Gasteiger partial charge is 0.309 e. The van der Waals surface area contributed by atoms with Gasteiger partial charge in [-0.1, -0.05) is 0 Å². The highest BCUT2D eigenvalue weighted by atomic mass is 19.4. The molecule has 19 heteroatoms. The van der Waals surface area contributed by atoms with Gasteiger partial charge in [0, 0.05) is 49.4 Å². The van der Waals surface area contributed by atoms with Crippen molar-refractivity contribution in [1.82, 2.24) is 68.9 Å². The average Bonchev–Trinajstić information content (AvgIpc) is 4.06. The molecule has 0 aliphatic carbocycles. The van der Waals surface area contributed by atoms with Gasteiger partial charge in [0.2, 0.25) is 0 Å². The van der Waals surface area contributed by atoms with Crippen LogP contribution in [0.3, 0.4) is 0 Å². The third-order valence-electron chi connectivity index (χ3n) is 13.4. The fourth-order valence-electron chi connectivity index (χ4n) is 10.4. The van der Waals surface area contributed by atoms with Gasteiger partial charge in [-0.15, -0.1) is 0 Å². The fraction of sp³-hybridized carbons (Fsp3) is 0.153. The molecule has 16 nitrogen and oxygen atoms in total. The van der Waals surface area contributed by atoms with Crippen LogP contribution in [0.2, 0.25) is 0 Å². The van der Waals surface area contributed by atoms with E-state index in [-0.39, 0.29) is 16.7 Å². The van der Waals surface area contributed by atoms with Crippen molar-refractivity contribution in [2.75, 3.05) is 0 Å². The monoisotopic (exact) mass is 1030 g/mol. The number of hydrogen-bond donors (Lipinski definition) is 0. The van der Waals surface area contributed by atoms with Crippen LogP contribution in [0.15, 0.2) is 103 Å². The molecule has 78 heavy (non-hydrogen) atoms. The summed E-state index contributed by atoms with van der Waals surface area (Å²) in [5, 5.41) is 24.8. The lowest BCUT2D eigenvalue weighted by molar-refractivity contribution is -0.137. The minimum absolute atomic E-state index is 0.0871. The number of hydrogen-bond acceptors (Lipinski definition) is 14. The molecular weight excluding hydrogens is 990 g/mol. The molecule has 0 radical (unpaired) electrons. The van der Waals surface area contributed by atoms with Gasteiger partial charge in [-0.2, -0.15) is 23.7 Å². The minimum atomic E-state index is -4.82. The van der Waals surface area contributed by atoms with Crippen LogP contribution in [-0.2, 0) is 6.18 Å². The number of aromatic nitrogens is 14. The molecule has 0 aliphatic heterocycles. The van der Waals surface area contributed by atoms with Crippen LogP contribution in [-0.4, -0.2) is 68.9 Å². The van der Waals surface area contributed by atoms with Crippen molar-refractivity contribution in [3.8, 4) is 80.2 Å². The number of benzene rings is 6. The van der Waals surface area contributed by atoms with Crippen LogP contribution in [0.25, 0.3) is 112 Å². The van der Waals surface area contributed by atoms with Crippen molar-refractivity contribution in [1.29, 1.82) is 10.5 Å². The maximum Gasteiger partial charge on any atom is 0.416 e. The summed E-state index contributed by atoms with van der Waals surface area (Å²) in [5.74, 6) is 6.20. The maximum absolute atomic E-state index is 15.0. The van der Waals surface area contributed by atoms with Crippen molar-refractivity contribution >= 4 is 43.6 Å². The Kier molecular flexibility index (Phi) is 11.4. The Labute approximate surface area is 442 Å². The van der Waals surface area contributed by atoms with Gasteiger partial charge in [0.1, 0.15) is 52.7 Å². The fourth-order valence-corrected chi connectivity index (χ4v) is 10.4. The predicted octanol–water partition coefficient (Wildman–Crippen LogP) is 12.2. The first-order valence-corrected chi connectivity index (χ1v) is 24.6. The molecule has 0 aliphatic rings. The molecule has 0 saturated heterocycles. The third-order valence-corrected chi connectivity index (χ3v) is 13.4. The van der Waals surface area contributed by atoms with E-state index in [0.717, 1.165) is 33.7 Å². The second-order valence-electron chi connectivity index (χ2n) is 19.0. The lowest BCUT2D eigenvalue weighted by Gasteiger charge is -2.20. The second-order valence-corrected chi connectivity index (χ2v) is 19.0. The largest absolute Gasteiger partial charge is 0.416 e. The van der Waals surface area contributed by atoms with Gasteiger partial charge >= 0.3 is 6.18 Å². The zero-order chi connectivity index (χ0) is 54.5. The number of alkyl halides is 3. The molecule has 0 saturated carbocycles. The molecule has 12 rings (SSSR count). The SMILES string of the molecule is Cc1nc(C)nc(-c2ccc3c(c2)c2cc(-c4nc(C)nc(C)n4)ccc2n3-c2cc(-c3cc(C#N)cc(C(F)(F)F)c3)c(-n3c4ccc(-c5nc(C)nc(C)n5)cc4c4cc(-c5nc(C)nc(C)n5)ccc43)cc2C#N)n1. The first-order valence-electron chi connectivity index (χ1n) is 24.6. The highest BCUT2D eigenvalue weighted by Crippen LogP contribution is 2.44. The summed E-state index contributed by atoms with van der Waals surface area (Å²) in [6.45, 7) is 14.4. The highest BCUT2D eigenvalue weighted by molar-refractivity contribution is 6.13. The van der Waals surface area contributed by atoms with E-state index >= 15 is 13.2 Å². The van der Waals surface area contributed by atoms with E-state index < -0.39 is 11.7 Å². The van der Waals surface area contributed by atoms with Crippen LogP contribution < -0.4 is 0 Å². The number of nitrogens with zero attached hydrogens (tertiary/aromatic N) is 16. The van der Waals surface area contributed by atoms with Crippen molar-refractivity contribution in [3.05, 3.63) is 166 Å². The summed E-state index contributed by atoms with van der Waals surface area (Å²) >= 11 is 0. The number of fused-ring (bicyclic) bond motifs is 6. The molecule has 0 bridgehead atoms. The Hall–Kier alpha value is -10.3. The van der Waals surface area contributed by atoms with Gasteiger partial charge in [-0.25, -0.2) is 59.8 Å². The molecule has 0 atom stereocenters. The van der Waals surface area contributed by atoms with Gasteiger partial charge < -0.3 is 9.13 Å². The summed E-state index contributed by atoms with van der Waals surface area (Å²) in [5.41, 5.74) is 5.49. The van der Waals surface area contributed by atoms with Crippen molar-refractivity contribution < 1.29 is 13.2 Å². The summed E-state index contributed by atoms with van der Waals surface area (Å²) in [7, 11) is 0. The van der Waals surface area contributed by atoms with Gasteiger partial charge in [0.25, 0.3) is 0 Å². The lowest BCUT2D eigenvalue weighted by atomic mass is 9.95. The Balaban J connectivity index is 1.19. The Bertz CT molecular complexity index is 4340. The van der Waals surface area contributed by atoms with Crippen LogP contribution in [0, 0.1) is 78.1 Å². The molecule has 0 fully saturated rings. The summed E-state index contributed by atoms with van der Waals surface area (Å²) < 4.78 is 48.9. The zero-order valence-corrected chi connectivity index (χ0v) is 43.1. The van der Waals surface area contributed by atoms with E-state index in [2.05, 4.69) is 65.9 Å². The van der Waals surface area contributed by atoms with Gasteiger partial charge in [0.15, 0.2) is 23.3 Å². The third kappa shape index (κ3) is 8.53. The number of rotatable bonds is 7. The molecule has 0 unspecified atom stereocenters. The normalized spacial score (nSPS) is 11.8. The first kappa shape index (κ1) is 48.7. The van der Waals surface area contributed by atoms with Crippen LogP contribution >= 0.6 is 0 Å². The van der Waals surface area contributed by atoms with Crippen molar-refractivity contribution in [3.63, 3.8) is 0 Å². The van der Waals surface area contributed by atoms with Crippen LogP contribution in [0.1, 0.15) is 63.3 Å². The van der Waals surface area contributed by atoms with E-state index in [4.69, 9.17) is 0 Å². The molecule has 0 N–H and O–H groups in total. The summed E-state index contributed by atoms with van der Waals surface area (Å²) in [4.78, 5) is 54.8. The van der Waals surface area contributed by atoms with E-state index in [1.165, 1.54) is 6.07 Å². The van der Waals surface area contributed by atoms with Gasteiger partial charge in [-0.05, 0) is 164 Å². The second kappa shape index (κ2) is 18.2. The summed E-state index contributed by atoms with van der Waals surface area (Å²) in [6.07, 6.45) is -4.82. The maximum atomic E-state index is 15.0. The molecule has 6 aromatic carbocycles. The van der Waals surface area contributed by atoms with Gasteiger partial charge in [0.05, 0.1) is 56.2 Å². The van der Waals surface area contributed by atoms with E-state index in [1.807, 2.05) is 88.0 Å². The highest BCUT2D eigenvalue weighted by Gasteiger charge is 2.32. The molecule has 0 spiro atoms. The Morgan fingerprint density at radius 3 is 1.00 bits per heavy atom.